The highest BCUT2D eigenvalue weighted by Crippen LogP contribution is 2.31. The predicted octanol–water partition coefficient (Wildman–Crippen LogP) is 0.552. The van der Waals surface area contributed by atoms with Crippen molar-refractivity contribution in [1.82, 2.24) is 20.2 Å². The molecule has 6 nitrogen and oxygen atoms in total. The zero-order valence-electron chi connectivity index (χ0n) is 8.22. The van der Waals surface area contributed by atoms with E-state index in [0.29, 0.717) is 4.77 Å². The van der Waals surface area contributed by atoms with Gasteiger partial charge in [0.2, 0.25) is 10.7 Å². The molecule has 0 unspecified atom stereocenters. The van der Waals surface area contributed by atoms with Crippen LogP contribution in [0.5, 0.6) is 0 Å². The number of primary amides is 1. The van der Waals surface area contributed by atoms with E-state index in [9.17, 15) is 4.79 Å². The third kappa shape index (κ3) is 2.06. The van der Waals surface area contributed by atoms with Crippen LogP contribution in [0.25, 0.3) is 0 Å². The van der Waals surface area contributed by atoms with Gasteiger partial charge in [-0.3, -0.25) is 4.79 Å². The lowest BCUT2D eigenvalue weighted by atomic mass is 9.86. The second kappa shape index (κ2) is 4.09. The zero-order valence-corrected chi connectivity index (χ0v) is 9.04. The summed E-state index contributed by atoms with van der Waals surface area (Å²) in [6.45, 7) is 0. The maximum Gasteiger partial charge on any atom is 0.238 e. The van der Waals surface area contributed by atoms with Gasteiger partial charge in [0, 0.05) is 5.92 Å². The summed E-state index contributed by atoms with van der Waals surface area (Å²) in [7, 11) is 0. The number of hydrogen-bond donors (Lipinski definition) is 2. The summed E-state index contributed by atoms with van der Waals surface area (Å²) in [5.74, 6) is -0.175. The number of rotatable bonds is 2. The molecule has 1 amide bonds. The van der Waals surface area contributed by atoms with Crippen LogP contribution in [0, 0.1) is 10.7 Å². The summed E-state index contributed by atoms with van der Waals surface area (Å²) in [4.78, 5) is 11.0. The number of aromatic amines is 1. The molecule has 1 aromatic heterocycles. The van der Waals surface area contributed by atoms with Crippen LogP contribution in [0.2, 0.25) is 0 Å². The Hall–Kier alpha value is -1.24. The molecular formula is C8H13N5OS. The van der Waals surface area contributed by atoms with Gasteiger partial charge >= 0.3 is 0 Å². The topological polar surface area (TPSA) is 89.6 Å². The maximum atomic E-state index is 11.0. The maximum absolute atomic E-state index is 11.0. The van der Waals surface area contributed by atoms with E-state index in [0.717, 1.165) is 25.7 Å². The molecule has 1 heterocycles. The average Bonchev–Trinajstić information content (AvgIpc) is 2.65. The lowest BCUT2D eigenvalue weighted by Gasteiger charge is -2.26. The Kier molecular flexibility index (Phi) is 2.81. The Morgan fingerprint density at radius 3 is 2.60 bits per heavy atom. The lowest BCUT2D eigenvalue weighted by molar-refractivity contribution is -0.122. The van der Waals surface area contributed by atoms with Gasteiger partial charge in [-0.05, 0) is 37.9 Å². The number of aromatic nitrogens is 4. The highest BCUT2D eigenvalue weighted by Gasteiger charge is 2.26. The largest absolute Gasteiger partial charge is 0.369 e. The van der Waals surface area contributed by atoms with Gasteiger partial charge in [0.25, 0.3) is 0 Å². The van der Waals surface area contributed by atoms with Crippen molar-refractivity contribution in [3.8, 4) is 0 Å². The number of amides is 1. The molecule has 0 radical (unpaired) electrons. The van der Waals surface area contributed by atoms with Crippen molar-refractivity contribution in [2.75, 3.05) is 0 Å². The Morgan fingerprint density at radius 2 is 2.13 bits per heavy atom. The minimum absolute atomic E-state index is 0.0197. The fourth-order valence-corrected chi connectivity index (χ4v) is 2.29. The molecule has 3 N–H and O–H groups in total. The molecule has 1 aromatic rings. The van der Waals surface area contributed by atoms with Crippen LogP contribution in [0.1, 0.15) is 31.7 Å². The van der Waals surface area contributed by atoms with E-state index in [1.807, 2.05) is 0 Å². The second-order valence-corrected chi connectivity index (χ2v) is 4.23. The number of carbonyl (C=O) groups is 1. The fraction of sp³-hybridized carbons (Fsp3) is 0.750. The van der Waals surface area contributed by atoms with Crippen molar-refractivity contribution in [2.45, 2.75) is 31.7 Å². The third-order valence-electron chi connectivity index (χ3n) is 2.96. The number of hydrogen-bond acceptors (Lipinski definition) is 4. The summed E-state index contributed by atoms with van der Waals surface area (Å²) in [5, 5.41) is 10.1. The Morgan fingerprint density at radius 1 is 1.47 bits per heavy atom. The molecule has 0 aromatic carbocycles. The molecule has 0 bridgehead atoms. The Labute approximate surface area is 91.8 Å². The molecule has 2 rings (SSSR count). The van der Waals surface area contributed by atoms with Crippen LogP contribution >= 0.6 is 12.2 Å². The van der Waals surface area contributed by atoms with Crippen LogP contribution in [0.4, 0.5) is 0 Å². The first-order valence-electron chi connectivity index (χ1n) is 4.97. The van der Waals surface area contributed by atoms with E-state index in [-0.39, 0.29) is 17.9 Å². The average molecular weight is 227 g/mol. The minimum atomic E-state index is -0.195. The lowest BCUT2D eigenvalue weighted by Crippen LogP contribution is -2.28. The van der Waals surface area contributed by atoms with Crippen molar-refractivity contribution in [3.05, 3.63) is 4.77 Å². The molecular weight excluding hydrogens is 214 g/mol. The first-order valence-corrected chi connectivity index (χ1v) is 5.38. The van der Waals surface area contributed by atoms with E-state index in [1.54, 1.807) is 4.68 Å². The van der Waals surface area contributed by atoms with Crippen LogP contribution in [-0.2, 0) is 4.79 Å². The smallest absolute Gasteiger partial charge is 0.238 e. The van der Waals surface area contributed by atoms with Gasteiger partial charge in [-0.2, -0.15) is 5.21 Å². The third-order valence-corrected chi connectivity index (χ3v) is 3.24. The first kappa shape index (κ1) is 10.3. The monoisotopic (exact) mass is 227 g/mol. The van der Waals surface area contributed by atoms with Crippen molar-refractivity contribution in [3.63, 3.8) is 0 Å². The summed E-state index contributed by atoms with van der Waals surface area (Å²) >= 11 is 5.01. The number of nitrogens with zero attached hydrogens (tertiary/aromatic N) is 3. The van der Waals surface area contributed by atoms with Crippen molar-refractivity contribution < 1.29 is 4.79 Å². The molecule has 0 atom stereocenters. The summed E-state index contributed by atoms with van der Waals surface area (Å²) in [5.41, 5.74) is 5.26. The fourth-order valence-electron chi connectivity index (χ4n) is 2.06. The van der Waals surface area contributed by atoms with Crippen molar-refractivity contribution >= 4 is 18.1 Å². The molecule has 0 saturated heterocycles. The van der Waals surface area contributed by atoms with Crippen LogP contribution in [0.3, 0.4) is 0 Å². The molecule has 1 fully saturated rings. The van der Waals surface area contributed by atoms with Crippen molar-refractivity contribution in [1.29, 1.82) is 0 Å². The molecule has 82 valence electrons. The minimum Gasteiger partial charge on any atom is -0.369 e. The highest BCUT2D eigenvalue weighted by atomic mass is 32.1. The van der Waals surface area contributed by atoms with Crippen LogP contribution in [-0.4, -0.2) is 26.1 Å². The summed E-state index contributed by atoms with van der Waals surface area (Å²) in [6.07, 6.45) is 3.43. The highest BCUT2D eigenvalue weighted by molar-refractivity contribution is 7.71. The normalized spacial score (nSPS) is 26.4. The molecule has 1 saturated carbocycles. The van der Waals surface area contributed by atoms with Gasteiger partial charge in [0.15, 0.2) is 0 Å². The molecule has 0 aliphatic heterocycles. The first-order chi connectivity index (χ1) is 7.18. The van der Waals surface area contributed by atoms with E-state index >= 15 is 0 Å². The molecule has 15 heavy (non-hydrogen) atoms. The molecule has 1 aliphatic rings. The number of carbonyl (C=O) groups excluding carboxylic acids is 1. The molecule has 1 aliphatic carbocycles. The Balaban J connectivity index is 2.03. The van der Waals surface area contributed by atoms with Gasteiger partial charge in [-0.25, -0.2) is 4.68 Å². The summed E-state index contributed by atoms with van der Waals surface area (Å²) < 4.78 is 2.25. The Bertz CT molecular complexity index is 403. The summed E-state index contributed by atoms with van der Waals surface area (Å²) in [6, 6.07) is 0.281. The van der Waals surface area contributed by atoms with Crippen LogP contribution < -0.4 is 5.73 Å². The number of nitrogens with two attached hydrogens (primary N) is 1. The standard InChI is InChI=1S/C8H13N5OS/c9-7(14)5-1-3-6(4-2-5)13-8(15)10-11-12-13/h5-6H,1-4H2,(H2,9,14)(H,10,12,15). The van der Waals surface area contributed by atoms with Gasteiger partial charge in [-0.15, -0.1) is 0 Å². The van der Waals surface area contributed by atoms with E-state index in [4.69, 9.17) is 18.0 Å². The predicted molar refractivity (Wildman–Crippen MR) is 55.4 cm³/mol. The van der Waals surface area contributed by atoms with E-state index in [1.165, 1.54) is 0 Å². The number of H-pyrrole nitrogens is 1. The van der Waals surface area contributed by atoms with Gasteiger partial charge < -0.3 is 5.73 Å². The molecule has 7 heteroatoms. The van der Waals surface area contributed by atoms with E-state index in [2.05, 4.69) is 15.5 Å². The zero-order chi connectivity index (χ0) is 10.8. The number of nitrogens with one attached hydrogen (secondary N) is 1. The van der Waals surface area contributed by atoms with Crippen molar-refractivity contribution in [2.24, 2.45) is 11.7 Å². The van der Waals surface area contributed by atoms with Gasteiger partial charge in [-0.1, -0.05) is 10.3 Å². The SMILES string of the molecule is NC(=O)C1CCC(n2[nH]nnc2=S)CC1. The second-order valence-electron chi connectivity index (χ2n) is 3.86. The van der Waals surface area contributed by atoms with Gasteiger partial charge in [0.1, 0.15) is 0 Å². The van der Waals surface area contributed by atoms with Gasteiger partial charge in [0.05, 0.1) is 6.04 Å². The molecule has 0 spiro atoms. The van der Waals surface area contributed by atoms with Crippen LogP contribution in [0.15, 0.2) is 0 Å². The quantitative estimate of drug-likeness (QED) is 0.722. The van der Waals surface area contributed by atoms with E-state index < -0.39 is 0 Å². The number of tetrazole rings is 1.